The summed E-state index contributed by atoms with van der Waals surface area (Å²) in [5.41, 5.74) is 3.78. The van der Waals surface area contributed by atoms with Crippen LogP contribution >= 0.6 is 11.6 Å². The third-order valence-electron chi connectivity index (χ3n) is 2.97. The number of esters is 1. The number of amides is 2. The van der Waals surface area contributed by atoms with Crippen LogP contribution in [-0.2, 0) is 14.3 Å². The molecule has 2 amide bonds. The molecular weight excluding hydrogens is 367 g/mol. The van der Waals surface area contributed by atoms with E-state index in [2.05, 4.69) is 4.74 Å². The Morgan fingerprint density at radius 1 is 0.962 bits per heavy atom. The molecule has 0 bridgehead atoms. The van der Waals surface area contributed by atoms with Gasteiger partial charge in [0, 0.05) is 5.02 Å². The number of halogens is 2. The molecule has 0 aliphatic heterocycles. The van der Waals surface area contributed by atoms with Crippen molar-refractivity contribution in [2.75, 3.05) is 13.2 Å². The van der Waals surface area contributed by atoms with E-state index in [9.17, 15) is 18.8 Å². The average molecular weight is 381 g/mol. The Kier molecular flexibility index (Phi) is 6.92. The zero-order valence-electron chi connectivity index (χ0n) is 13.3. The molecule has 0 aromatic heterocycles. The molecule has 2 rings (SSSR count). The average Bonchev–Trinajstić information content (AvgIpc) is 2.64. The van der Waals surface area contributed by atoms with Crippen LogP contribution in [0.25, 0.3) is 0 Å². The number of rotatable bonds is 6. The molecule has 2 aromatic rings. The maximum atomic E-state index is 13.4. The number of carbonyl (C=O) groups excluding carboxylic acids is 3. The predicted molar refractivity (Wildman–Crippen MR) is 89.9 cm³/mol. The van der Waals surface area contributed by atoms with Gasteiger partial charge in [-0.05, 0) is 36.4 Å². The summed E-state index contributed by atoms with van der Waals surface area (Å²) in [7, 11) is 0. The second-order valence-electron chi connectivity index (χ2n) is 4.89. The van der Waals surface area contributed by atoms with Crippen molar-refractivity contribution >= 4 is 29.4 Å². The highest BCUT2D eigenvalue weighted by Crippen LogP contribution is 2.15. The molecule has 2 N–H and O–H groups in total. The fraction of sp³-hybridized carbons (Fsp3) is 0.118. The van der Waals surface area contributed by atoms with Crippen LogP contribution in [0.5, 0.6) is 5.75 Å². The van der Waals surface area contributed by atoms with Crippen molar-refractivity contribution in [2.45, 2.75) is 0 Å². The number of nitrogens with one attached hydrogen (secondary N) is 2. The van der Waals surface area contributed by atoms with Crippen LogP contribution in [0.2, 0.25) is 5.02 Å². The van der Waals surface area contributed by atoms with Gasteiger partial charge in [-0.25, -0.2) is 9.18 Å². The van der Waals surface area contributed by atoms with Crippen molar-refractivity contribution < 1.29 is 28.2 Å². The molecule has 26 heavy (non-hydrogen) atoms. The number of benzene rings is 2. The number of hydrazine groups is 1. The lowest BCUT2D eigenvalue weighted by atomic mass is 10.2. The molecule has 0 saturated carbocycles. The monoisotopic (exact) mass is 380 g/mol. The van der Waals surface area contributed by atoms with Crippen LogP contribution in [0, 0.1) is 5.82 Å². The second-order valence-corrected chi connectivity index (χ2v) is 5.32. The lowest BCUT2D eigenvalue weighted by molar-refractivity contribution is -0.150. The van der Waals surface area contributed by atoms with Crippen LogP contribution in [0.15, 0.2) is 48.5 Å². The summed E-state index contributed by atoms with van der Waals surface area (Å²) in [6, 6.07) is 11.6. The Hall–Kier alpha value is -3.13. The van der Waals surface area contributed by atoms with Gasteiger partial charge in [-0.2, -0.15) is 0 Å². The van der Waals surface area contributed by atoms with Gasteiger partial charge in [0.2, 0.25) is 0 Å². The molecule has 0 saturated heterocycles. The fourth-order valence-electron chi connectivity index (χ4n) is 1.74. The zero-order valence-corrected chi connectivity index (χ0v) is 14.1. The van der Waals surface area contributed by atoms with Crippen molar-refractivity contribution in [3.63, 3.8) is 0 Å². The zero-order chi connectivity index (χ0) is 18.9. The van der Waals surface area contributed by atoms with Gasteiger partial charge in [-0.15, -0.1) is 0 Å². The SMILES string of the molecule is O=C(COC(=O)COc1ccc(Cl)cc1)NNC(=O)c1ccccc1F. The maximum Gasteiger partial charge on any atom is 0.344 e. The summed E-state index contributed by atoms with van der Waals surface area (Å²) in [4.78, 5) is 34.7. The smallest absolute Gasteiger partial charge is 0.344 e. The minimum Gasteiger partial charge on any atom is -0.482 e. The van der Waals surface area contributed by atoms with Crippen LogP contribution < -0.4 is 15.6 Å². The summed E-state index contributed by atoms with van der Waals surface area (Å²) < 4.78 is 23.2. The normalized spacial score (nSPS) is 9.92. The Balaban J connectivity index is 1.68. The fourth-order valence-corrected chi connectivity index (χ4v) is 1.86. The third kappa shape index (κ3) is 6.06. The number of carbonyl (C=O) groups is 3. The van der Waals surface area contributed by atoms with E-state index in [4.69, 9.17) is 16.3 Å². The highest BCUT2D eigenvalue weighted by Gasteiger charge is 2.13. The molecule has 9 heteroatoms. The van der Waals surface area contributed by atoms with E-state index in [-0.39, 0.29) is 5.56 Å². The standard InChI is InChI=1S/C17H14ClFN2O5/c18-11-5-7-12(8-6-11)25-10-16(23)26-9-15(22)20-21-17(24)13-3-1-2-4-14(13)19/h1-8H,9-10H2,(H,20,22)(H,21,24). The molecule has 0 aliphatic rings. The molecular formula is C17H14ClFN2O5. The molecule has 0 fully saturated rings. The third-order valence-corrected chi connectivity index (χ3v) is 3.22. The van der Waals surface area contributed by atoms with Crippen LogP contribution in [0.1, 0.15) is 10.4 Å². The molecule has 2 aromatic carbocycles. The minimum absolute atomic E-state index is 0.235. The summed E-state index contributed by atoms with van der Waals surface area (Å²) in [6.45, 7) is -1.04. The summed E-state index contributed by atoms with van der Waals surface area (Å²) in [5, 5.41) is 0.522. The molecule has 0 aliphatic carbocycles. The molecule has 7 nitrogen and oxygen atoms in total. The van der Waals surface area contributed by atoms with Gasteiger partial charge in [0.25, 0.3) is 11.8 Å². The number of hydrogen-bond donors (Lipinski definition) is 2. The maximum absolute atomic E-state index is 13.4. The van der Waals surface area contributed by atoms with E-state index in [0.717, 1.165) is 6.07 Å². The first-order valence-electron chi connectivity index (χ1n) is 7.33. The quantitative estimate of drug-likeness (QED) is 0.589. The largest absolute Gasteiger partial charge is 0.482 e. The van der Waals surface area contributed by atoms with E-state index in [1.807, 2.05) is 10.9 Å². The molecule has 0 atom stereocenters. The van der Waals surface area contributed by atoms with Crippen molar-refractivity contribution in [3.05, 3.63) is 64.9 Å². The summed E-state index contributed by atoms with van der Waals surface area (Å²) in [5.74, 6) is -2.74. The van der Waals surface area contributed by atoms with Gasteiger partial charge in [-0.1, -0.05) is 23.7 Å². The Labute approximate surface area is 153 Å². The van der Waals surface area contributed by atoms with Crippen LogP contribution in [0.4, 0.5) is 4.39 Å². The van der Waals surface area contributed by atoms with E-state index in [1.165, 1.54) is 18.2 Å². The van der Waals surface area contributed by atoms with Gasteiger partial charge in [0.15, 0.2) is 13.2 Å². The Morgan fingerprint density at radius 2 is 1.65 bits per heavy atom. The lowest BCUT2D eigenvalue weighted by Gasteiger charge is -2.09. The van der Waals surface area contributed by atoms with E-state index in [0.29, 0.717) is 10.8 Å². The Morgan fingerprint density at radius 3 is 2.35 bits per heavy atom. The van der Waals surface area contributed by atoms with E-state index in [1.54, 1.807) is 24.3 Å². The second kappa shape index (κ2) is 9.38. The first-order chi connectivity index (χ1) is 12.5. The van der Waals surface area contributed by atoms with Gasteiger partial charge < -0.3 is 9.47 Å². The first-order valence-corrected chi connectivity index (χ1v) is 7.71. The number of hydrogen-bond acceptors (Lipinski definition) is 5. The minimum atomic E-state index is -0.839. The highest BCUT2D eigenvalue weighted by atomic mass is 35.5. The number of ether oxygens (including phenoxy) is 2. The molecule has 0 spiro atoms. The van der Waals surface area contributed by atoms with Crippen molar-refractivity contribution in [1.29, 1.82) is 0 Å². The van der Waals surface area contributed by atoms with Gasteiger partial charge in [0.05, 0.1) is 5.56 Å². The van der Waals surface area contributed by atoms with Gasteiger partial charge in [-0.3, -0.25) is 20.4 Å². The Bertz CT molecular complexity index is 798. The van der Waals surface area contributed by atoms with Crippen LogP contribution in [-0.4, -0.2) is 31.0 Å². The molecule has 0 heterocycles. The lowest BCUT2D eigenvalue weighted by Crippen LogP contribution is -2.44. The molecule has 136 valence electrons. The molecule has 0 radical (unpaired) electrons. The van der Waals surface area contributed by atoms with Crippen molar-refractivity contribution in [1.82, 2.24) is 10.9 Å². The van der Waals surface area contributed by atoms with E-state index < -0.39 is 36.8 Å². The van der Waals surface area contributed by atoms with Crippen molar-refractivity contribution in [3.8, 4) is 5.75 Å². The van der Waals surface area contributed by atoms with Crippen LogP contribution in [0.3, 0.4) is 0 Å². The summed E-state index contributed by atoms with van der Waals surface area (Å²) >= 11 is 5.72. The molecule has 0 unspecified atom stereocenters. The van der Waals surface area contributed by atoms with Gasteiger partial charge in [0.1, 0.15) is 11.6 Å². The van der Waals surface area contributed by atoms with E-state index >= 15 is 0 Å². The highest BCUT2D eigenvalue weighted by molar-refractivity contribution is 6.30. The topological polar surface area (TPSA) is 93.7 Å². The van der Waals surface area contributed by atoms with Gasteiger partial charge >= 0.3 is 5.97 Å². The first kappa shape index (κ1) is 19.2. The summed E-state index contributed by atoms with van der Waals surface area (Å²) in [6.07, 6.45) is 0. The predicted octanol–water partition coefficient (Wildman–Crippen LogP) is 1.86. The van der Waals surface area contributed by atoms with Crippen molar-refractivity contribution in [2.24, 2.45) is 0 Å².